The van der Waals surface area contributed by atoms with Crippen LogP contribution < -0.4 is 4.74 Å². The number of carbonyl (C=O) groups is 1. The molecule has 0 aromatic heterocycles. The predicted octanol–water partition coefficient (Wildman–Crippen LogP) is 3.99. The molecule has 0 heterocycles. The molecule has 100 valence electrons. The maximum atomic E-state index is 11.5. The van der Waals surface area contributed by atoms with Crippen molar-refractivity contribution in [3.63, 3.8) is 0 Å². The largest absolute Gasteiger partial charge is 0.489 e. The Bertz CT molecular complexity index is 675. The molecule has 0 bridgehead atoms. The summed E-state index contributed by atoms with van der Waals surface area (Å²) in [4.78, 5) is 11.5. The summed E-state index contributed by atoms with van der Waals surface area (Å²) in [6.45, 7) is 1.76. The lowest BCUT2D eigenvalue weighted by Gasteiger charge is -2.09. The van der Waals surface area contributed by atoms with Crippen LogP contribution in [0.25, 0.3) is 0 Å². The van der Waals surface area contributed by atoms with E-state index in [2.05, 4.69) is 0 Å². The van der Waals surface area contributed by atoms with Crippen molar-refractivity contribution in [1.82, 2.24) is 0 Å². The van der Waals surface area contributed by atoms with Crippen molar-refractivity contribution in [3.05, 3.63) is 64.2 Å². The van der Waals surface area contributed by atoms with Gasteiger partial charge in [0, 0.05) is 0 Å². The van der Waals surface area contributed by atoms with Gasteiger partial charge in [-0.3, -0.25) is 4.79 Å². The minimum absolute atomic E-state index is 0.230. The average Bonchev–Trinajstić information content (AvgIpc) is 2.45. The summed E-state index contributed by atoms with van der Waals surface area (Å²) in [5, 5.41) is 9.32. The molecule has 3 nitrogen and oxygen atoms in total. The van der Waals surface area contributed by atoms with E-state index in [-0.39, 0.29) is 21.9 Å². The van der Waals surface area contributed by atoms with Gasteiger partial charge in [0.05, 0.1) is 16.1 Å². The molecule has 0 spiro atoms. The van der Waals surface area contributed by atoms with Crippen LogP contribution in [0.5, 0.6) is 5.75 Å². The van der Waals surface area contributed by atoms with Gasteiger partial charge in [-0.1, -0.05) is 41.9 Å². The Labute approximate surface area is 122 Å². The molecule has 0 N–H and O–H groups in total. The molecule has 20 heavy (non-hydrogen) atoms. The standard InChI is InChI=1S/C16H12ClNO2/c1-11(19)16-13(9-18)7-14(8-15(16)17)20-10-12-5-3-2-4-6-12/h2-8H,10H2,1H3. The number of nitrogens with zero attached hydrogens (tertiary/aromatic N) is 1. The van der Waals surface area contributed by atoms with Crippen LogP contribution in [-0.2, 0) is 6.61 Å². The first-order valence-electron chi connectivity index (χ1n) is 6.03. The number of Topliss-reactive ketones (excluding diaryl/α,β-unsaturated/α-hetero) is 1. The molecule has 0 aliphatic heterocycles. The van der Waals surface area contributed by atoms with Crippen molar-refractivity contribution < 1.29 is 9.53 Å². The Morgan fingerprint density at radius 3 is 2.60 bits per heavy atom. The van der Waals surface area contributed by atoms with Crippen LogP contribution >= 0.6 is 11.6 Å². The number of carbonyl (C=O) groups excluding carboxylic acids is 1. The Balaban J connectivity index is 2.24. The summed E-state index contributed by atoms with van der Waals surface area (Å²) in [5.74, 6) is 0.238. The van der Waals surface area contributed by atoms with Gasteiger partial charge in [0.1, 0.15) is 18.4 Å². The Kier molecular flexibility index (Phi) is 4.39. The van der Waals surface area contributed by atoms with Crippen molar-refractivity contribution in [2.24, 2.45) is 0 Å². The zero-order valence-corrected chi connectivity index (χ0v) is 11.6. The van der Waals surface area contributed by atoms with Gasteiger partial charge in [0.2, 0.25) is 0 Å². The van der Waals surface area contributed by atoms with Crippen LogP contribution in [0.3, 0.4) is 0 Å². The molecule has 0 fully saturated rings. The highest BCUT2D eigenvalue weighted by Crippen LogP contribution is 2.27. The highest BCUT2D eigenvalue weighted by molar-refractivity contribution is 6.34. The van der Waals surface area contributed by atoms with Gasteiger partial charge in [-0.2, -0.15) is 5.26 Å². The minimum Gasteiger partial charge on any atom is -0.489 e. The maximum Gasteiger partial charge on any atom is 0.162 e. The van der Waals surface area contributed by atoms with Gasteiger partial charge < -0.3 is 4.74 Å². The van der Waals surface area contributed by atoms with Gasteiger partial charge in [-0.25, -0.2) is 0 Å². The molecule has 0 aliphatic carbocycles. The van der Waals surface area contributed by atoms with E-state index in [1.807, 2.05) is 36.4 Å². The summed E-state index contributed by atoms with van der Waals surface area (Å²) < 4.78 is 5.60. The molecule has 0 saturated heterocycles. The molecule has 0 saturated carbocycles. The number of benzene rings is 2. The third-order valence-electron chi connectivity index (χ3n) is 2.78. The van der Waals surface area contributed by atoms with E-state index in [1.165, 1.54) is 13.0 Å². The zero-order valence-electron chi connectivity index (χ0n) is 10.9. The van der Waals surface area contributed by atoms with E-state index in [4.69, 9.17) is 21.6 Å². The van der Waals surface area contributed by atoms with Gasteiger partial charge in [0.25, 0.3) is 0 Å². The summed E-state index contributed by atoms with van der Waals surface area (Å²) in [5.41, 5.74) is 1.48. The summed E-state index contributed by atoms with van der Waals surface area (Å²) in [7, 11) is 0. The second-order valence-corrected chi connectivity index (χ2v) is 4.68. The monoisotopic (exact) mass is 285 g/mol. The maximum absolute atomic E-state index is 11.5. The van der Waals surface area contributed by atoms with Gasteiger partial charge >= 0.3 is 0 Å². The lowest BCUT2D eigenvalue weighted by Crippen LogP contribution is -2.01. The molecule has 2 aromatic rings. The van der Waals surface area contributed by atoms with E-state index < -0.39 is 0 Å². The topological polar surface area (TPSA) is 50.1 Å². The van der Waals surface area contributed by atoms with Crippen LogP contribution in [-0.4, -0.2) is 5.78 Å². The number of hydrogen-bond donors (Lipinski definition) is 0. The number of halogens is 1. The van der Waals surface area contributed by atoms with Crippen LogP contribution in [0.15, 0.2) is 42.5 Å². The first-order valence-corrected chi connectivity index (χ1v) is 6.41. The van der Waals surface area contributed by atoms with Crippen molar-refractivity contribution in [2.45, 2.75) is 13.5 Å². The van der Waals surface area contributed by atoms with Crippen molar-refractivity contribution in [3.8, 4) is 11.8 Å². The lowest BCUT2D eigenvalue weighted by molar-refractivity contribution is 0.101. The number of ether oxygens (including phenoxy) is 1. The minimum atomic E-state index is -0.235. The molecular formula is C16H12ClNO2. The van der Waals surface area contributed by atoms with E-state index in [0.717, 1.165) is 5.56 Å². The van der Waals surface area contributed by atoms with Crippen LogP contribution in [0.4, 0.5) is 0 Å². The normalized spacial score (nSPS) is 9.85. The Morgan fingerprint density at radius 1 is 1.30 bits per heavy atom. The van der Waals surface area contributed by atoms with Gasteiger partial charge in [-0.05, 0) is 24.6 Å². The van der Waals surface area contributed by atoms with Crippen LogP contribution in [0.2, 0.25) is 5.02 Å². The first kappa shape index (κ1) is 14.1. The molecule has 0 atom stereocenters. The highest BCUT2D eigenvalue weighted by atomic mass is 35.5. The van der Waals surface area contributed by atoms with Crippen LogP contribution in [0.1, 0.15) is 28.4 Å². The predicted molar refractivity (Wildman–Crippen MR) is 76.9 cm³/mol. The fraction of sp³-hybridized carbons (Fsp3) is 0.125. The third kappa shape index (κ3) is 3.17. The fourth-order valence-electron chi connectivity index (χ4n) is 1.85. The number of hydrogen-bond acceptors (Lipinski definition) is 3. The van der Waals surface area contributed by atoms with E-state index in [1.54, 1.807) is 6.07 Å². The molecular weight excluding hydrogens is 274 g/mol. The zero-order chi connectivity index (χ0) is 14.5. The Hall–Kier alpha value is -2.31. The average molecular weight is 286 g/mol. The van der Waals surface area contributed by atoms with Gasteiger partial charge in [-0.15, -0.1) is 0 Å². The summed E-state index contributed by atoms with van der Waals surface area (Å²) in [6.07, 6.45) is 0. The molecule has 2 rings (SSSR count). The molecule has 4 heteroatoms. The Morgan fingerprint density at radius 2 is 2.00 bits per heavy atom. The quantitative estimate of drug-likeness (QED) is 0.798. The summed E-state index contributed by atoms with van der Waals surface area (Å²) >= 11 is 6.04. The van der Waals surface area contributed by atoms with E-state index >= 15 is 0 Å². The second-order valence-electron chi connectivity index (χ2n) is 4.27. The number of nitriles is 1. The van der Waals surface area contributed by atoms with Gasteiger partial charge in [0.15, 0.2) is 5.78 Å². The fourth-order valence-corrected chi connectivity index (χ4v) is 2.19. The molecule has 0 unspecified atom stereocenters. The van der Waals surface area contributed by atoms with Crippen molar-refractivity contribution in [1.29, 1.82) is 5.26 Å². The van der Waals surface area contributed by atoms with E-state index in [0.29, 0.717) is 12.4 Å². The molecule has 2 aromatic carbocycles. The van der Waals surface area contributed by atoms with Crippen LogP contribution in [0, 0.1) is 11.3 Å². The SMILES string of the molecule is CC(=O)c1c(Cl)cc(OCc2ccccc2)cc1C#N. The third-order valence-corrected chi connectivity index (χ3v) is 3.08. The molecule has 0 radical (unpaired) electrons. The van der Waals surface area contributed by atoms with Crippen molar-refractivity contribution in [2.75, 3.05) is 0 Å². The first-order chi connectivity index (χ1) is 9.61. The number of rotatable bonds is 4. The molecule has 0 amide bonds. The number of ketones is 1. The van der Waals surface area contributed by atoms with Crippen molar-refractivity contribution >= 4 is 17.4 Å². The smallest absolute Gasteiger partial charge is 0.162 e. The highest BCUT2D eigenvalue weighted by Gasteiger charge is 2.14. The lowest BCUT2D eigenvalue weighted by atomic mass is 10.0. The second kappa shape index (κ2) is 6.23. The van der Waals surface area contributed by atoms with E-state index in [9.17, 15) is 4.79 Å². The molecule has 0 aliphatic rings. The summed E-state index contributed by atoms with van der Waals surface area (Å²) in [6, 6.07) is 14.7.